The zero-order valence-electron chi connectivity index (χ0n) is 21.4. The van der Waals surface area contributed by atoms with Gasteiger partial charge in [-0.25, -0.2) is 14.4 Å². The van der Waals surface area contributed by atoms with Crippen LogP contribution in [0.2, 0.25) is 5.02 Å². The predicted molar refractivity (Wildman–Crippen MR) is 153 cm³/mol. The zero-order chi connectivity index (χ0) is 26.7. The first-order chi connectivity index (χ1) is 18.3. The summed E-state index contributed by atoms with van der Waals surface area (Å²) in [5.41, 5.74) is 2.56. The maximum atomic E-state index is 13.6. The third-order valence-electron chi connectivity index (χ3n) is 7.72. The monoisotopic (exact) mass is 600 g/mol. The van der Waals surface area contributed by atoms with Gasteiger partial charge in [0.05, 0.1) is 17.1 Å². The first-order valence-electron chi connectivity index (χ1n) is 12.9. The van der Waals surface area contributed by atoms with Crippen molar-refractivity contribution in [2.45, 2.75) is 32.1 Å². The molecule has 1 saturated carbocycles. The number of fused-ring (bicyclic) bond motifs is 1. The van der Waals surface area contributed by atoms with Crippen LogP contribution in [0.5, 0.6) is 5.75 Å². The van der Waals surface area contributed by atoms with Gasteiger partial charge >= 0.3 is 0 Å². The van der Waals surface area contributed by atoms with Crippen molar-refractivity contribution in [2.24, 2.45) is 11.3 Å². The molecule has 2 fully saturated rings. The van der Waals surface area contributed by atoms with E-state index in [1.807, 2.05) is 12.1 Å². The Morgan fingerprint density at radius 2 is 2.05 bits per heavy atom. The maximum absolute atomic E-state index is 13.6. The standard InChI is InChI=1S/C29H31BrClFN4O2/c1-36-9-6-29(7-10-36)15-19(16-29)17-38-27-14-26-23(12-20(27)11-22(37)3-2-8-30)28(34-18-33-26)35-21-4-5-25(32)24(31)13-21/h2-5,12-14,18-19H,6-11,15-17H2,1H3,(H,33,34,35). The lowest BCUT2D eigenvalue weighted by Gasteiger charge is -2.51. The number of anilines is 2. The summed E-state index contributed by atoms with van der Waals surface area (Å²) >= 11 is 9.29. The third kappa shape index (κ3) is 6.19. The molecule has 200 valence electrons. The van der Waals surface area contributed by atoms with Gasteiger partial charge in [-0.1, -0.05) is 33.6 Å². The minimum absolute atomic E-state index is 0.0146. The van der Waals surface area contributed by atoms with Crippen molar-refractivity contribution in [3.8, 4) is 5.75 Å². The lowest BCUT2D eigenvalue weighted by Crippen LogP contribution is -2.47. The van der Waals surface area contributed by atoms with Crippen LogP contribution in [-0.4, -0.2) is 52.7 Å². The Morgan fingerprint density at radius 1 is 1.26 bits per heavy atom. The summed E-state index contributed by atoms with van der Waals surface area (Å²) in [7, 11) is 2.20. The molecule has 2 aliphatic rings. The van der Waals surface area contributed by atoms with Gasteiger partial charge in [-0.3, -0.25) is 4.79 Å². The van der Waals surface area contributed by atoms with Crippen molar-refractivity contribution in [1.82, 2.24) is 14.9 Å². The Labute approximate surface area is 235 Å². The van der Waals surface area contributed by atoms with Crippen molar-refractivity contribution >= 4 is 55.7 Å². The van der Waals surface area contributed by atoms with Crippen LogP contribution in [0.1, 0.15) is 31.2 Å². The highest BCUT2D eigenvalue weighted by Crippen LogP contribution is 2.52. The second kappa shape index (κ2) is 11.7. The number of aromatic nitrogens is 2. The molecule has 1 N–H and O–H groups in total. The van der Waals surface area contributed by atoms with E-state index in [0.29, 0.717) is 46.0 Å². The van der Waals surface area contributed by atoms with E-state index in [0.717, 1.165) is 10.9 Å². The molecule has 0 unspecified atom stereocenters. The van der Waals surface area contributed by atoms with Gasteiger partial charge in [0, 0.05) is 34.5 Å². The Bertz CT molecular complexity index is 1350. The quantitative estimate of drug-likeness (QED) is 0.217. The number of halogens is 3. The fourth-order valence-corrected chi connectivity index (χ4v) is 5.99. The molecule has 9 heteroatoms. The van der Waals surface area contributed by atoms with Crippen LogP contribution >= 0.6 is 27.5 Å². The molecule has 5 rings (SSSR count). The number of carbonyl (C=O) groups is 1. The van der Waals surface area contributed by atoms with Gasteiger partial charge in [-0.2, -0.15) is 0 Å². The van der Waals surface area contributed by atoms with E-state index in [-0.39, 0.29) is 17.2 Å². The van der Waals surface area contributed by atoms with E-state index < -0.39 is 5.82 Å². The Kier molecular flexibility index (Phi) is 8.31. The van der Waals surface area contributed by atoms with Gasteiger partial charge in [0.15, 0.2) is 5.78 Å². The van der Waals surface area contributed by atoms with Crippen LogP contribution in [0.4, 0.5) is 15.9 Å². The lowest BCUT2D eigenvalue weighted by molar-refractivity contribution is -0.114. The second-order valence-electron chi connectivity index (χ2n) is 10.5. The molecule has 2 aromatic carbocycles. The molecule has 3 aromatic rings. The van der Waals surface area contributed by atoms with E-state index in [4.69, 9.17) is 16.3 Å². The summed E-state index contributed by atoms with van der Waals surface area (Å²) in [6, 6.07) is 8.21. The third-order valence-corrected chi connectivity index (χ3v) is 8.39. The molecule has 0 amide bonds. The molecule has 1 aromatic heterocycles. The number of benzene rings is 2. The highest BCUT2D eigenvalue weighted by atomic mass is 79.9. The van der Waals surface area contributed by atoms with Gasteiger partial charge in [0.1, 0.15) is 23.7 Å². The molecule has 1 aliphatic heterocycles. The van der Waals surface area contributed by atoms with Crippen molar-refractivity contribution in [2.75, 3.05) is 37.4 Å². The fourth-order valence-electron chi connectivity index (χ4n) is 5.63. The number of ketones is 1. The summed E-state index contributed by atoms with van der Waals surface area (Å²) in [6.45, 7) is 2.98. The molecule has 2 heterocycles. The first-order valence-corrected chi connectivity index (χ1v) is 14.4. The Hall–Kier alpha value is -2.55. The fraction of sp³-hybridized carbons (Fsp3) is 0.414. The topological polar surface area (TPSA) is 67.3 Å². The number of hydrogen-bond donors (Lipinski definition) is 1. The van der Waals surface area contributed by atoms with E-state index in [2.05, 4.69) is 43.2 Å². The summed E-state index contributed by atoms with van der Waals surface area (Å²) in [5.74, 6) is 1.24. The van der Waals surface area contributed by atoms with Crippen molar-refractivity contribution in [1.29, 1.82) is 0 Å². The molecule has 1 aliphatic carbocycles. The number of ether oxygens (including phenoxy) is 1. The van der Waals surface area contributed by atoms with E-state index in [1.54, 1.807) is 18.2 Å². The molecule has 1 spiro atoms. The smallest absolute Gasteiger partial charge is 0.159 e. The normalized spacial score (nSPS) is 17.7. The number of nitrogens with one attached hydrogen (secondary N) is 1. The number of allylic oxidation sites excluding steroid dienone is 2. The molecule has 6 nitrogen and oxygen atoms in total. The van der Waals surface area contributed by atoms with E-state index in [9.17, 15) is 9.18 Å². The van der Waals surface area contributed by atoms with Crippen LogP contribution in [0.25, 0.3) is 10.9 Å². The highest BCUT2D eigenvalue weighted by Gasteiger charge is 2.45. The van der Waals surface area contributed by atoms with Crippen molar-refractivity contribution in [3.63, 3.8) is 0 Å². The highest BCUT2D eigenvalue weighted by molar-refractivity contribution is 9.09. The molecular weight excluding hydrogens is 571 g/mol. The number of rotatable bonds is 9. The largest absolute Gasteiger partial charge is 0.493 e. The molecule has 1 saturated heterocycles. The molecule has 38 heavy (non-hydrogen) atoms. The number of alkyl halides is 1. The Morgan fingerprint density at radius 3 is 2.79 bits per heavy atom. The summed E-state index contributed by atoms with van der Waals surface area (Å²) < 4.78 is 20.0. The van der Waals surface area contributed by atoms with Gasteiger partial charge < -0.3 is 15.0 Å². The summed E-state index contributed by atoms with van der Waals surface area (Å²) in [6.07, 6.45) is 9.97. The van der Waals surface area contributed by atoms with Crippen molar-refractivity contribution < 1.29 is 13.9 Å². The average molecular weight is 602 g/mol. The summed E-state index contributed by atoms with van der Waals surface area (Å²) in [5, 5.41) is 4.57. The minimum atomic E-state index is -0.489. The van der Waals surface area contributed by atoms with Crippen LogP contribution in [-0.2, 0) is 11.2 Å². The number of piperidine rings is 1. The number of hydrogen-bond acceptors (Lipinski definition) is 6. The number of nitrogens with zero attached hydrogens (tertiary/aromatic N) is 3. The molecule has 0 bridgehead atoms. The second-order valence-corrected chi connectivity index (χ2v) is 11.6. The first kappa shape index (κ1) is 27.0. The van der Waals surface area contributed by atoms with Gasteiger partial charge in [0.25, 0.3) is 0 Å². The lowest BCUT2D eigenvalue weighted by atomic mass is 9.58. The van der Waals surface area contributed by atoms with Gasteiger partial charge in [-0.15, -0.1) is 0 Å². The Balaban J connectivity index is 1.38. The zero-order valence-corrected chi connectivity index (χ0v) is 23.7. The summed E-state index contributed by atoms with van der Waals surface area (Å²) in [4.78, 5) is 23.9. The van der Waals surface area contributed by atoms with Crippen molar-refractivity contribution in [3.05, 3.63) is 65.2 Å². The van der Waals surface area contributed by atoms with Crippen LogP contribution in [0.3, 0.4) is 0 Å². The van der Waals surface area contributed by atoms with Gasteiger partial charge in [0.2, 0.25) is 0 Å². The molecule has 0 radical (unpaired) electrons. The average Bonchev–Trinajstić information content (AvgIpc) is 2.88. The van der Waals surface area contributed by atoms with E-state index in [1.165, 1.54) is 57.2 Å². The molecular formula is C29H31BrClFN4O2. The number of carbonyl (C=O) groups excluding carboxylic acids is 1. The van der Waals surface area contributed by atoms with E-state index >= 15 is 0 Å². The van der Waals surface area contributed by atoms with Crippen LogP contribution in [0.15, 0.2) is 48.8 Å². The maximum Gasteiger partial charge on any atom is 0.159 e. The SMILES string of the molecule is CN1CCC2(CC1)CC(COc1cc3ncnc(Nc4ccc(F)c(Cl)c4)c3cc1CC(=O)C=CCBr)C2. The molecule has 0 atom stereocenters. The van der Waals surface area contributed by atoms with Crippen LogP contribution < -0.4 is 10.1 Å². The minimum Gasteiger partial charge on any atom is -0.493 e. The van der Waals surface area contributed by atoms with Gasteiger partial charge in [-0.05, 0) is 87.5 Å². The van der Waals surface area contributed by atoms with Crippen LogP contribution in [0, 0.1) is 17.2 Å². The predicted octanol–water partition coefficient (Wildman–Crippen LogP) is 6.73. The number of likely N-dealkylation sites (tertiary alicyclic amines) is 1.